The zero-order valence-electron chi connectivity index (χ0n) is 13.4. The van der Waals surface area contributed by atoms with Crippen molar-refractivity contribution < 1.29 is 4.74 Å². The van der Waals surface area contributed by atoms with Gasteiger partial charge in [0.25, 0.3) is 0 Å². The molecule has 0 saturated carbocycles. The van der Waals surface area contributed by atoms with Gasteiger partial charge in [0, 0.05) is 31.8 Å². The second-order valence-electron chi connectivity index (χ2n) is 5.20. The zero-order valence-corrected chi connectivity index (χ0v) is 14.2. The van der Waals surface area contributed by atoms with Gasteiger partial charge in [-0.15, -0.1) is 11.3 Å². The van der Waals surface area contributed by atoms with Crippen molar-refractivity contribution in [1.82, 2.24) is 14.7 Å². The molecule has 1 N–H and O–H groups in total. The fourth-order valence-electron chi connectivity index (χ4n) is 2.60. The van der Waals surface area contributed by atoms with Gasteiger partial charge in [-0.05, 0) is 26.8 Å². The maximum absolute atomic E-state index is 5.31. The monoisotopic (exact) mass is 310 g/mol. The lowest BCUT2D eigenvalue weighted by Crippen LogP contribution is -2.37. The number of fused-ring (bicyclic) bond motifs is 1. The first-order valence-electron chi connectivity index (χ1n) is 7.63. The van der Waals surface area contributed by atoms with Gasteiger partial charge >= 0.3 is 0 Å². The molecule has 0 bridgehead atoms. The number of aromatic nitrogens is 2. The summed E-state index contributed by atoms with van der Waals surface area (Å²) in [6.45, 7) is 10.0. The summed E-state index contributed by atoms with van der Waals surface area (Å²) < 4.78 is 7.51. The Balaban J connectivity index is 2.31. The van der Waals surface area contributed by atoms with Crippen LogP contribution in [0.25, 0.3) is 4.96 Å². The smallest absolute Gasteiger partial charge is 0.195 e. The number of methoxy groups -OCH3 is 1. The van der Waals surface area contributed by atoms with Gasteiger partial charge in [-0.1, -0.05) is 6.92 Å². The molecular formula is C15H26N4OS. The number of nitrogens with zero attached hydrogens (tertiary/aromatic N) is 3. The Morgan fingerprint density at radius 3 is 2.95 bits per heavy atom. The molecule has 1 atom stereocenters. The lowest BCUT2D eigenvalue weighted by Gasteiger charge is -2.28. The molecule has 0 fully saturated rings. The molecule has 5 nitrogen and oxygen atoms in total. The summed E-state index contributed by atoms with van der Waals surface area (Å²) in [4.78, 5) is 8.22. The average molecular weight is 310 g/mol. The van der Waals surface area contributed by atoms with Gasteiger partial charge in [-0.2, -0.15) is 0 Å². The SMILES string of the molecule is CCCNCc1c(N(CC)C(C)COC)nc2sccn12. The Bertz CT molecular complexity index is 551. The van der Waals surface area contributed by atoms with Crippen molar-refractivity contribution in [3.05, 3.63) is 17.3 Å². The molecule has 0 spiro atoms. The van der Waals surface area contributed by atoms with Crippen LogP contribution in [-0.2, 0) is 11.3 Å². The molecule has 2 aromatic heterocycles. The fourth-order valence-corrected chi connectivity index (χ4v) is 3.33. The summed E-state index contributed by atoms with van der Waals surface area (Å²) in [6.07, 6.45) is 3.24. The first kappa shape index (κ1) is 16.3. The highest BCUT2D eigenvalue weighted by Gasteiger charge is 2.21. The van der Waals surface area contributed by atoms with Crippen LogP contribution in [0.3, 0.4) is 0 Å². The molecule has 0 radical (unpaired) electrons. The Kier molecular flexibility index (Phi) is 6.02. The third-order valence-electron chi connectivity index (χ3n) is 3.61. The molecule has 1 unspecified atom stereocenters. The molecule has 2 heterocycles. The third kappa shape index (κ3) is 3.56. The number of anilines is 1. The summed E-state index contributed by atoms with van der Waals surface area (Å²) in [5.41, 5.74) is 1.24. The highest BCUT2D eigenvalue weighted by molar-refractivity contribution is 7.15. The molecular weight excluding hydrogens is 284 g/mol. The van der Waals surface area contributed by atoms with Gasteiger partial charge in [-0.25, -0.2) is 4.98 Å². The zero-order chi connectivity index (χ0) is 15.2. The summed E-state index contributed by atoms with van der Waals surface area (Å²) in [6, 6.07) is 0.314. The second-order valence-corrected chi connectivity index (χ2v) is 6.08. The molecule has 2 aromatic rings. The minimum Gasteiger partial charge on any atom is -0.383 e. The molecule has 0 aliphatic rings. The van der Waals surface area contributed by atoms with E-state index in [4.69, 9.17) is 9.72 Å². The fraction of sp³-hybridized carbons (Fsp3) is 0.667. The van der Waals surface area contributed by atoms with E-state index in [1.165, 1.54) is 5.69 Å². The van der Waals surface area contributed by atoms with Gasteiger partial charge in [0.15, 0.2) is 10.8 Å². The van der Waals surface area contributed by atoms with Crippen molar-refractivity contribution in [2.75, 3.05) is 31.7 Å². The van der Waals surface area contributed by atoms with E-state index in [0.717, 1.165) is 36.8 Å². The number of hydrogen-bond donors (Lipinski definition) is 1. The molecule has 118 valence electrons. The molecule has 0 aliphatic carbocycles. The second kappa shape index (κ2) is 7.77. The normalized spacial score (nSPS) is 13.0. The number of nitrogens with one attached hydrogen (secondary N) is 1. The van der Waals surface area contributed by atoms with Crippen LogP contribution >= 0.6 is 11.3 Å². The number of ether oxygens (including phenoxy) is 1. The number of hydrogen-bond acceptors (Lipinski definition) is 5. The maximum atomic E-state index is 5.31. The van der Waals surface area contributed by atoms with Crippen molar-refractivity contribution in [2.45, 2.75) is 39.8 Å². The van der Waals surface area contributed by atoms with E-state index < -0.39 is 0 Å². The molecule has 0 aromatic carbocycles. The van der Waals surface area contributed by atoms with Crippen molar-refractivity contribution >= 4 is 22.1 Å². The van der Waals surface area contributed by atoms with E-state index in [1.807, 2.05) is 0 Å². The number of imidazole rings is 1. The Morgan fingerprint density at radius 2 is 2.29 bits per heavy atom. The van der Waals surface area contributed by atoms with E-state index in [1.54, 1.807) is 18.4 Å². The molecule has 2 rings (SSSR count). The largest absolute Gasteiger partial charge is 0.383 e. The number of likely N-dealkylation sites (N-methyl/N-ethyl adjacent to an activating group) is 1. The van der Waals surface area contributed by atoms with E-state index in [9.17, 15) is 0 Å². The topological polar surface area (TPSA) is 41.8 Å². The summed E-state index contributed by atoms with van der Waals surface area (Å²) >= 11 is 1.68. The average Bonchev–Trinajstić information content (AvgIpc) is 3.03. The standard InChI is InChI=1S/C15H26N4OS/c1-5-7-16-10-13-14(17-15-19(13)8-9-21-15)18(6-2)12(3)11-20-4/h8-9,12,16H,5-7,10-11H2,1-4H3. The molecule has 0 amide bonds. The first-order chi connectivity index (χ1) is 10.2. The summed E-state index contributed by atoms with van der Waals surface area (Å²) in [5, 5.41) is 5.58. The highest BCUT2D eigenvalue weighted by atomic mass is 32.1. The minimum absolute atomic E-state index is 0.314. The van der Waals surface area contributed by atoms with E-state index in [-0.39, 0.29) is 0 Å². The van der Waals surface area contributed by atoms with Gasteiger partial charge in [0.1, 0.15) is 0 Å². The quantitative estimate of drug-likeness (QED) is 0.723. The van der Waals surface area contributed by atoms with Gasteiger partial charge in [0.2, 0.25) is 0 Å². The van der Waals surface area contributed by atoms with Crippen molar-refractivity contribution in [3.63, 3.8) is 0 Å². The van der Waals surface area contributed by atoms with Crippen LogP contribution in [0.15, 0.2) is 11.6 Å². The highest BCUT2D eigenvalue weighted by Crippen LogP contribution is 2.26. The summed E-state index contributed by atoms with van der Waals surface area (Å²) in [7, 11) is 1.75. The van der Waals surface area contributed by atoms with Crippen LogP contribution in [0, 0.1) is 0 Å². The van der Waals surface area contributed by atoms with Crippen molar-refractivity contribution in [3.8, 4) is 0 Å². The van der Waals surface area contributed by atoms with E-state index >= 15 is 0 Å². The van der Waals surface area contributed by atoms with E-state index in [2.05, 4.69) is 47.0 Å². The third-order valence-corrected chi connectivity index (χ3v) is 4.37. The van der Waals surface area contributed by atoms with Gasteiger partial charge in [-0.3, -0.25) is 4.40 Å². The Labute approximate surface area is 130 Å². The number of thiazole rings is 1. The Hall–Kier alpha value is -1.11. The van der Waals surface area contributed by atoms with Gasteiger partial charge < -0.3 is 15.0 Å². The molecule has 0 saturated heterocycles. The Morgan fingerprint density at radius 1 is 1.48 bits per heavy atom. The van der Waals surface area contributed by atoms with Gasteiger partial charge in [0.05, 0.1) is 18.3 Å². The lowest BCUT2D eigenvalue weighted by atomic mass is 10.2. The number of rotatable bonds is 9. The molecule has 21 heavy (non-hydrogen) atoms. The van der Waals surface area contributed by atoms with Crippen LogP contribution in [0.2, 0.25) is 0 Å². The lowest BCUT2D eigenvalue weighted by molar-refractivity contribution is 0.181. The van der Waals surface area contributed by atoms with Crippen LogP contribution < -0.4 is 10.2 Å². The van der Waals surface area contributed by atoms with Crippen molar-refractivity contribution in [2.24, 2.45) is 0 Å². The van der Waals surface area contributed by atoms with Crippen LogP contribution in [0.5, 0.6) is 0 Å². The van der Waals surface area contributed by atoms with E-state index in [0.29, 0.717) is 12.6 Å². The van der Waals surface area contributed by atoms with Crippen LogP contribution in [0.4, 0.5) is 5.82 Å². The predicted molar refractivity (Wildman–Crippen MR) is 89.4 cm³/mol. The van der Waals surface area contributed by atoms with Crippen molar-refractivity contribution in [1.29, 1.82) is 0 Å². The van der Waals surface area contributed by atoms with Crippen LogP contribution in [-0.4, -0.2) is 42.2 Å². The summed E-state index contributed by atoms with van der Waals surface area (Å²) in [5.74, 6) is 1.08. The minimum atomic E-state index is 0.314. The molecule has 0 aliphatic heterocycles. The predicted octanol–water partition coefficient (Wildman–Crippen LogP) is 2.76. The maximum Gasteiger partial charge on any atom is 0.195 e. The first-order valence-corrected chi connectivity index (χ1v) is 8.51. The van der Waals surface area contributed by atoms with Crippen LogP contribution in [0.1, 0.15) is 32.9 Å². The molecule has 6 heteroatoms.